The van der Waals surface area contributed by atoms with Crippen molar-refractivity contribution in [3.8, 4) is 23.0 Å². The number of hydrogen-bond donors (Lipinski definition) is 1. The molecule has 1 N–H and O–H groups in total. The smallest absolute Gasteiger partial charge is 0.231 e. The van der Waals surface area contributed by atoms with Crippen LogP contribution in [0.15, 0.2) is 36.5 Å². The van der Waals surface area contributed by atoms with Crippen LogP contribution in [0.25, 0.3) is 32.4 Å². The van der Waals surface area contributed by atoms with Gasteiger partial charge < -0.3 is 31.7 Å². The molecule has 2 aliphatic rings. The molecule has 0 saturated carbocycles. The zero-order chi connectivity index (χ0) is 17.4. The first kappa shape index (κ1) is 16.3. The molecule has 0 fully saturated rings. The summed E-state index contributed by atoms with van der Waals surface area (Å²) in [6, 6.07) is 10.2. The van der Waals surface area contributed by atoms with Crippen molar-refractivity contribution < 1.29 is 36.3 Å². The molecule has 0 saturated heterocycles. The molecular weight excluding hydrogens is 366 g/mol. The van der Waals surface area contributed by atoms with E-state index < -0.39 is 0 Å². The molecule has 6 heteroatoms. The van der Waals surface area contributed by atoms with Crippen LogP contribution in [-0.4, -0.2) is 19.0 Å². The van der Waals surface area contributed by atoms with Gasteiger partial charge in [-0.2, -0.15) is 4.57 Å². The van der Waals surface area contributed by atoms with Crippen molar-refractivity contribution in [2.75, 3.05) is 13.9 Å². The summed E-state index contributed by atoms with van der Waals surface area (Å²) in [4.78, 5) is 0. The number of fused-ring (bicyclic) bond motifs is 4. The van der Waals surface area contributed by atoms with Crippen molar-refractivity contribution in [1.82, 2.24) is 0 Å². The summed E-state index contributed by atoms with van der Waals surface area (Å²) in [5, 5.41) is 15.9. The molecule has 1 aromatic heterocycles. The fourth-order valence-electron chi connectivity index (χ4n) is 4.41. The number of pyridine rings is 1. The maximum Gasteiger partial charge on any atom is 0.231 e. The molecule has 3 aromatic carbocycles. The van der Waals surface area contributed by atoms with Crippen LogP contribution in [0.3, 0.4) is 0 Å². The van der Waals surface area contributed by atoms with Crippen LogP contribution >= 0.6 is 0 Å². The van der Waals surface area contributed by atoms with E-state index in [-0.39, 0.29) is 24.9 Å². The zero-order valence-corrected chi connectivity index (χ0v) is 15.3. The van der Waals surface area contributed by atoms with Crippen LogP contribution in [0.5, 0.6) is 23.0 Å². The van der Waals surface area contributed by atoms with Gasteiger partial charge in [-0.25, -0.2) is 0 Å². The number of hydrogen-bond acceptors (Lipinski definition) is 4. The first-order chi connectivity index (χ1) is 12.8. The average Bonchev–Trinajstić information content (AvgIpc) is 3.14. The lowest BCUT2D eigenvalue weighted by molar-refractivity contribution is -0.670. The second-order valence-corrected chi connectivity index (χ2v) is 6.80. The van der Waals surface area contributed by atoms with Gasteiger partial charge in [-0.1, -0.05) is 0 Å². The number of nitrogens with zero attached hydrogens (tertiary/aromatic N) is 1. The standard InChI is InChI=1S/C21H15NO4.ClH/c1-24-16-5-4-12-13-2-3-14-18-11(8-17-21(14)26-10-25-17)6-7-22(19(13)18)9-15(12)20(16)23;/h2-5,8-9H,6-7,10H2,1H3;1H. The lowest BCUT2D eigenvalue weighted by Crippen LogP contribution is -3.00. The molecule has 0 amide bonds. The Hall–Kier alpha value is -2.92. The Morgan fingerprint density at radius 2 is 1.85 bits per heavy atom. The van der Waals surface area contributed by atoms with Crippen molar-refractivity contribution in [1.29, 1.82) is 0 Å². The van der Waals surface area contributed by atoms with Crippen molar-refractivity contribution in [3.05, 3.63) is 42.1 Å². The molecular formula is C21H16ClNO4. The number of phenolic OH excluding ortho intramolecular Hbond substituents is 1. The van der Waals surface area contributed by atoms with Crippen molar-refractivity contribution in [2.45, 2.75) is 13.0 Å². The highest BCUT2D eigenvalue weighted by molar-refractivity contribution is 6.17. The molecule has 4 aromatic rings. The Morgan fingerprint density at radius 1 is 1.04 bits per heavy atom. The maximum absolute atomic E-state index is 10.6. The second kappa shape index (κ2) is 5.54. The number of aromatic nitrogens is 1. The minimum atomic E-state index is 0. The molecule has 3 heterocycles. The molecule has 0 aliphatic carbocycles. The van der Waals surface area contributed by atoms with E-state index in [0.717, 1.165) is 46.0 Å². The van der Waals surface area contributed by atoms with E-state index in [4.69, 9.17) is 14.2 Å². The van der Waals surface area contributed by atoms with E-state index >= 15 is 0 Å². The van der Waals surface area contributed by atoms with Gasteiger partial charge in [0.15, 0.2) is 35.7 Å². The van der Waals surface area contributed by atoms with Gasteiger partial charge in [0.05, 0.1) is 23.3 Å². The fourth-order valence-corrected chi connectivity index (χ4v) is 4.41. The number of rotatable bonds is 1. The number of ether oxygens (including phenoxy) is 3. The second-order valence-electron chi connectivity index (χ2n) is 6.80. The van der Waals surface area contributed by atoms with E-state index in [1.807, 2.05) is 18.3 Å². The molecule has 27 heavy (non-hydrogen) atoms. The van der Waals surface area contributed by atoms with Crippen LogP contribution in [0.2, 0.25) is 0 Å². The summed E-state index contributed by atoms with van der Waals surface area (Å²) in [6.07, 6.45) is 2.95. The van der Waals surface area contributed by atoms with Gasteiger partial charge in [0.25, 0.3) is 0 Å². The minimum Gasteiger partial charge on any atom is -1.00 e. The van der Waals surface area contributed by atoms with Gasteiger partial charge in [0.2, 0.25) is 12.3 Å². The van der Waals surface area contributed by atoms with Crippen LogP contribution < -0.4 is 31.2 Å². The molecule has 0 spiro atoms. The van der Waals surface area contributed by atoms with E-state index in [1.54, 1.807) is 7.11 Å². The van der Waals surface area contributed by atoms with Gasteiger partial charge >= 0.3 is 0 Å². The zero-order valence-electron chi connectivity index (χ0n) is 14.6. The molecule has 136 valence electrons. The predicted octanol–water partition coefficient (Wildman–Crippen LogP) is 0.437. The van der Waals surface area contributed by atoms with Crippen LogP contribution in [-0.2, 0) is 13.0 Å². The summed E-state index contributed by atoms with van der Waals surface area (Å²) >= 11 is 0. The average molecular weight is 382 g/mol. The maximum atomic E-state index is 10.6. The molecule has 0 unspecified atom stereocenters. The minimum absolute atomic E-state index is 0. The number of methoxy groups -OCH3 is 1. The summed E-state index contributed by atoms with van der Waals surface area (Å²) in [5.41, 5.74) is 2.46. The molecule has 6 rings (SSSR count). The lowest BCUT2D eigenvalue weighted by Gasteiger charge is -2.17. The van der Waals surface area contributed by atoms with Crippen LogP contribution in [0.4, 0.5) is 0 Å². The highest BCUT2D eigenvalue weighted by Crippen LogP contribution is 2.45. The molecule has 0 atom stereocenters. The van der Waals surface area contributed by atoms with Crippen LogP contribution in [0, 0.1) is 0 Å². The monoisotopic (exact) mass is 381 g/mol. The SMILES string of the molecule is COc1ccc2c(c[n+]3c4c2ccc2c5c(cc(c24)CC3)OCO5)c1O.[Cl-]. The Labute approximate surface area is 161 Å². The van der Waals surface area contributed by atoms with Gasteiger partial charge in [-0.3, -0.25) is 0 Å². The van der Waals surface area contributed by atoms with Crippen molar-refractivity contribution in [3.63, 3.8) is 0 Å². The van der Waals surface area contributed by atoms with E-state index in [0.29, 0.717) is 5.75 Å². The topological polar surface area (TPSA) is 51.8 Å². The predicted molar refractivity (Wildman–Crippen MR) is 97.2 cm³/mol. The number of halogens is 1. The van der Waals surface area contributed by atoms with E-state index in [2.05, 4.69) is 22.8 Å². The number of aromatic hydroxyl groups is 1. The summed E-state index contributed by atoms with van der Waals surface area (Å²) < 4.78 is 18.9. The van der Waals surface area contributed by atoms with E-state index in [1.165, 1.54) is 16.5 Å². The summed E-state index contributed by atoms with van der Waals surface area (Å²) in [5.74, 6) is 2.35. The lowest BCUT2D eigenvalue weighted by atomic mass is 9.93. The Balaban J connectivity index is 0.00000160. The molecule has 0 radical (unpaired) electrons. The van der Waals surface area contributed by atoms with Gasteiger partial charge in [-0.15, -0.1) is 0 Å². The highest BCUT2D eigenvalue weighted by atomic mass is 35.5. The normalized spacial score (nSPS) is 14.1. The Kier molecular flexibility index (Phi) is 3.34. The molecule has 2 aliphatic heterocycles. The number of benzene rings is 3. The third-order valence-electron chi connectivity index (χ3n) is 5.57. The Bertz CT molecular complexity index is 1270. The first-order valence-electron chi connectivity index (χ1n) is 8.66. The van der Waals surface area contributed by atoms with Gasteiger partial charge in [0, 0.05) is 17.2 Å². The van der Waals surface area contributed by atoms with Gasteiger partial charge in [-0.05, 0) is 35.9 Å². The van der Waals surface area contributed by atoms with Gasteiger partial charge in [0.1, 0.15) is 0 Å². The van der Waals surface area contributed by atoms with Crippen molar-refractivity contribution >= 4 is 32.4 Å². The van der Waals surface area contributed by atoms with Crippen LogP contribution in [0.1, 0.15) is 5.56 Å². The Morgan fingerprint density at radius 3 is 2.70 bits per heavy atom. The first-order valence-corrected chi connectivity index (χ1v) is 8.66. The largest absolute Gasteiger partial charge is 1.00 e. The fraction of sp³-hybridized carbons (Fsp3) is 0.190. The summed E-state index contributed by atoms with van der Waals surface area (Å²) in [7, 11) is 1.57. The molecule has 5 nitrogen and oxygen atoms in total. The number of aryl methyl sites for hydroxylation is 2. The van der Waals surface area contributed by atoms with Crippen molar-refractivity contribution in [2.24, 2.45) is 0 Å². The van der Waals surface area contributed by atoms with E-state index in [9.17, 15) is 5.11 Å². The quantitative estimate of drug-likeness (QED) is 0.384. The number of phenols is 1. The highest BCUT2D eigenvalue weighted by Gasteiger charge is 2.29. The third-order valence-corrected chi connectivity index (χ3v) is 5.57. The molecule has 0 bridgehead atoms. The third kappa shape index (κ3) is 1.97. The summed E-state index contributed by atoms with van der Waals surface area (Å²) in [6.45, 7) is 1.13.